The van der Waals surface area contributed by atoms with Crippen molar-refractivity contribution in [1.29, 1.82) is 0 Å². The maximum atomic E-state index is 6.59. The molecule has 0 aromatic carbocycles. The zero-order chi connectivity index (χ0) is 36.2. The van der Waals surface area contributed by atoms with Gasteiger partial charge in [0.2, 0.25) is 11.9 Å². The van der Waals surface area contributed by atoms with Gasteiger partial charge < -0.3 is 21.3 Å². The van der Waals surface area contributed by atoms with Gasteiger partial charge in [-0.15, -0.1) is 0 Å². The minimum absolute atomic E-state index is 0.00663. The van der Waals surface area contributed by atoms with E-state index in [-0.39, 0.29) is 33.1 Å². The number of nitrogens with one attached hydrogen (secondary N) is 2. The van der Waals surface area contributed by atoms with Crippen LogP contribution in [0, 0.1) is 5.41 Å². The molecule has 2 aliphatic heterocycles. The summed E-state index contributed by atoms with van der Waals surface area (Å²) in [6, 6.07) is 1.47. The minimum Gasteiger partial charge on any atom is -0.368 e. The van der Waals surface area contributed by atoms with E-state index < -0.39 is 0 Å². The van der Waals surface area contributed by atoms with Crippen molar-refractivity contribution in [3.63, 3.8) is 0 Å². The second kappa shape index (κ2) is 15.6. The second-order valence-electron chi connectivity index (χ2n) is 19.6. The number of hydrogen-bond acceptors (Lipinski definition) is 4. The predicted octanol–water partition coefficient (Wildman–Crippen LogP) is 8.15. The van der Waals surface area contributed by atoms with Crippen LogP contribution in [0.25, 0.3) is 0 Å². The maximum absolute atomic E-state index is 6.59. The lowest BCUT2D eigenvalue weighted by Crippen LogP contribution is -2.63. The molecule has 0 unspecified atom stereocenters. The van der Waals surface area contributed by atoms with Gasteiger partial charge in [0.05, 0.1) is 5.54 Å². The Bertz CT molecular complexity index is 1070. The third kappa shape index (κ3) is 13.4. The molecule has 0 aliphatic carbocycles. The van der Waals surface area contributed by atoms with Crippen LogP contribution < -0.4 is 16.4 Å². The average molecular weight is 659 g/mol. The van der Waals surface area contributed by atoms with E-state index in [0.717, 1.165) is 38.1 Å². The quantitative estimate of drug-likeness (QED) is 0.118. The molecule has 0 aromatic heterocycles. The Labute approximate surface area is 291 Å². The number of unbranched alkanes of at least 4 members (excludes halogenated alkanes) is 3. The molecule has 0 bridgehead atoms. The van der Waals surface area contributed by atoms with Crippen LogP contribution in [0.2, 0.25) is 0 Å². The zero-order valence-corrected chi connectivity index (χ0v) is 34.1. The normalized spacial score (nSPS) is 22.5. The molecule has 4 N–H and O–H groups in total. The van der Waals surface area contributed by atoms with Gasteiger partial charge in [0.15, 0.2) is 0 Å². The highest BCUT2D eigenvalue weighted by Crippen LogP contribution is 2.35. The summed E-state index contributed by atoms with van der Waals surface area (Å²) in [6.07, 6.45) is 9.18. The highest BCUT2D eigenvalue weighted by atomic mass is 15.3. The van der Waals surface area contributed by atoms with Gasteiger partial charge in [0.1, 0.15) is 0 Å². The summed E-state index contributed by atoms with van der Waals surface area (Å²) >= 11 is 0. The average Bonchev–Trinajstić information content (AvgIpc) is 2.79. The Balaban J connectivity index is 2.25. The fourth-order valence-electron chi connectivity index (χ4n) is 8.17. The summed E-state index contributed by atoms with van der Waals surface area (Å²) < 4.78 is 0. The number of guanidine groups is 2. The molecule has 47 heavy (non-hydrogen) atoms. The van der Waals surface area contributed by atoms with Gasteiger partial charge in [-0.1, -0.05) is 33.6 Å². The highest BCUT2D eigenvalue weighted by molar-refractivity contribution is 6.00. The molecule has 0 amide bonds. The standard InChI is InChI=1S/C39H78N8/c1-28(2)41-33(42-32(40)43-39(16,17)34(5,6)7)47(31-26-37(12,13)45-38(14,15)27-31)23-21-19-18-20-22-46(29(3)4)30-24-35(8,9)44-36(10,11)25-30/h29-31,44-45H,18-27H2,1-17H3,(H2,40,43). The summed E-state index contributed by atoms with van der Waals surface area (Å²) in [5.74, 6) is 1.01. The lowest BCUT2D eigenvalue weighted by atomic mass is 9.77. The van der Waals surface area contributed by atoms with E-state index in [2.05, 4.69) is 124 Å². The van der Waals surface area contributed by atoms with Crippen molar-refractivity contribution in [3.8, 4) is 0 Å². The van der Waals surface area contributed by atoms with Crippen LogP contribution in [0.1, 0.15) is 169 Å². The molecule has 0 atom stereocenters. The number of nitrogens with two attached hydrogens (primary N) is 1. The molecule has 0 aromatic rings. The molecule has 2 rings (SSSR count). The number of nitrogens with zero attached hydrogens (tertiary/aromatic N) is 5. The van der Waals surface area contributed by atoms with Crippen molar-refractivity contribution in [3.05, 3.63) is 0 Å². The molecule has 0 saturated carbocycles. The van der Waals surface area contributed by atoms with Gasteiger partial charge in [0.25, 0.3) is 0 Å². The molecule has 0 spiro atoms. The van der Waals surface area contributed by atoms with Gasteiger partial charge in [-0.25, -0.2) is 9.98 Å². The monoisotopic (exact) mass is 659 g/mol. The lowest BCUT2D eigenvalue weighted by Gasteiger charge is -2.50. The first-order chi connectivity index (χ1) is 21.1. The first-order valence-electron chi connectivity index (χ1n) is 18.7. The number of piperidine rings is 2. The lowest BCUT2D eigenvalue weighted by molar-refractivity contribution is 0.0465. The van der Waals surface area contributed by atoms with Crippen molar-refractivity contribution < 1.29 is 0 Å². The second-order valence-corrected chi connectivity index (χ2v) is 19.6. The van der Waals surface area contributed by atoms with E-state index >= 15 is 0 Å². The third-order valence-electron chi connectivity index (χ3n) is 10.5. The van der Waals surface area contributed by atoms with E-state index in [1.807, 2.05) is 13.8 Å². The molecule has 0 radical (unpaired) electrons. The van der Waals surface area contributed by atoms with Crippen molar-refractivity contribution in [2.45, 2.75) is 215 Å². The van der Waals surface area contributed by atoms with Crippen LogP contribution in [0.15, 0.2) is 15.0 Å². The van der Waals surface area contributed by atoms with Crippen molar-refractivity contribution in [2.24, 2.45) is 26.1 Å². The third-order valence-corrected chi connectivity index (χ3v) is 10.5. The molecule has 2 aliphatic rings. The fourth-order valence-corrected chi connectivity index (χ4v) is 8.17. The van der Waals surface area contributed by atoms with Crippen LogP contribution in [-0.2, 0) is 0 Å². The van der Waals surface area contributed by atoms with Crippen LogP contribution in [0.5, 0.6) is 0 Å². The fraction of sp³-hybridized carbons (Fsp3) is 0.923. The first-order valence-corrected chi connectivity index (χ1v) is 18.7. The zero-order valence-electron chi connectivity index (χ0n) is 34.1. The highest BCUT2D eigenvalue weighted by Gasteiger charge is 2.42. The number of aliphatic imine (C=N–C) groups is 3. The molecule has 274 valence electrons. The molecule has 8 nitrogen and oxygen atoms in total. The predicted molar refractivity (Wildman–Crippen MR) is 207 cm³/mol. The summed E-state index contributed by atoms with van der Waals surface area (Å²) in [4.78, 5) is 20.1. The summed E-state index contributed by atoms with van der Waals surface area (Å²) in [7, 11) is 0. The number of rotatable bonds is 11. The van der Waals surface area contributed by atoms with Crippen LogP contribution >= 0.6 is 0 Å². The summed E-state index contributed by atoms with van der Waals surface area (Å²) in [5, 5.41) is 7.73. The molecule has 2 saturated heterocycles. The maximum Gasteiger partial charge on any atom is 0.228 e. The van der Waals surface area contributed by atoms with Crippen molar-refractivity contribution in [2.75, 3.05) is 13.1 Å². The van der Waals surface area contributed by atoms with E-state index in [4.69, 9.17) is 20.7 Å². The van der Waals surface area contributed by atoms with Crippen molar-refractivity contribution in [1.82, 2.24) is 20.4 Å². The van der Waals surface area contributed by atoms with Crippen LogP contribution in [0.3, 0.4) is 0 Å². The molecule has 2 heterocycles. The Kier molecular flexibility index (Phi) is 13.8. The van der Waals surface area contributed by atoms with Gasteiger partial charge in [-0.2, -0.15) is 4.99 Å². The Morgan fingerprint density at radius 1 is 0.702 bits per heavy atom. The van der Waals surface area contributed by atoms with E-state index in [9.17, 15) is 0 Å². The summed E-state index contributed by atoms with van der Waals surface area (Å²) in [6.45, 7) is 40.5. The Morgan fingerprint density at radius 2 is 1.13 bits per heavy atom. The molecule has 8 heteroatoms. The Hall–Kier alpha value is -1.51. The molecule has 2 fully saturated rings. The topological polar surface area (TPSA) is 93.6 Å². The largest absolute Gasteiger partial charge is 0.368 e. The van der Waals surface area contributed by atoms with E-state index in [1.165, 1.54) is 32.1 Å². The van der Waals surface area contributed by atoms with Gasteiger partial charge in [-0.05, 0) is 147 Å². The first kappa shape index (κ1) is 41.7. The van der Waals surface area contributed by atoms with Crippen LogP contribution in [-0.4, -0.2) is 86.3 Å². The van der Waals surface area contributed by atoms with E-state index in [0.29, 0.717) is 30.0 Å². The smallest absolute Gasteiger partial charge is 0.228 e. The van der Waals surface area contributed by atoms with Gasteiger partial charge in [0, 0.05) is 52.5 Å². The molecular formula is C39H78N8. The Morgan fingerprint density at radius 3 is 1.53 bits per heavy atom. The van der Waals surface area contributed by atoms with Crippen LogP contribution in [0.4, 0.5) is 0 Å². The van der Waals surface area contributed by atoms with Gasteiger partial charge in [-0.3, -0.25) is 4.90 Å². The van der Waals surface area contributed by atoms with E-state index in [1.54, 1.807) is 0 Å². The van der Waals surface area contributed by atoms with Crippen molar-refractivity contribution >= 4 is 17.6 Å². The SMILES string of the molecule is CC(C)=NC(=NC(N)=NC(C)(C)C(C)(C)C)N(CCCCCCN(C(C)C)C1CC(C)(C)NC(C)(C)C1)C1CC(C)(C)NC(C)(C)C1. The molecular weight excluding hydrogens is 580 g/mol. The van der Waals surface area contributed by atoms with Gasteiger partial charge >= 0.3 is 0 Å². The number of hydrogen-bond donors (Lipinski definition) is 3. The minimum atomic E-state index is -0.357. The summed E-state index contributed by atoms with van der Waals surface area (Å²) in [5.41, 5.74) is 7.50.